The predicted octanol–water partition coefficient (Wildman–Crippen LogP) is 3.23. The number of hydrogen-bond acceptors (Lipinski definition) is 3. The van der Waals surface area contributed by atoms with Gasteiger partial charge in [0, 0.05) is 24.7 Å². The van der Waals surface area contributed by atoms with E-state index in [1.807, 2.05) is 31.1 Å². The molecular weight excluding hydrogens is 223 g/mol. The van der Waals surface area contributed by atoms with Gasteiger partial charge in [0.05, 0.1) is 0 Å². The zero-order chi connectivity index (χ0) is 11.5. The van der Waals surface area contributed by atoms with Gasteiger partial charge in [-0.25, -0.2) is 9.37 Å². The van der Waals surface area contributed by atoms with Gasteiger partial charge in [-0.15, -0.1) is 11.3 Å². The van der Waals surface area contributed by atoms with Crippen molar-refractivity contribution in [1.82, 2.24) is 4.98 Å². The molecule has 0 aliphatic heterocycles. The van der Waals surface area contributed by atoms with E-state index in [2.05, 4.69) is 4.98 Å². The van der Waals surface area contributed by atoms with Gasteiger partial charge in [0.2, 0.25) is 0 Å². The van der Waals surface area contributed by atoms with E-state index in [4.69, 9.17) is 0 Å². The number of hydrogen-bond donors (Lipinski definition) is 0. The lowest BCUT2D eigenvalue weighted by Crippen LogP contribution is -2.15. The molecule has 0 aliphatic carbocycles. The van der Waals surface area contributed by atoms with Crippen molar-refractivity contribution >= 4 is 16.5 Å². The first-order valence-corrected chi connectivity index (χ1v) is 5.85. The highest BCUT2D eigenvalue weighted by Gasteiger charge is 2.06. The molecular formula is C12H13FN2S. The summed E-state index contributed by atoms with van der Waals surface area (Å²) in [6, 6.07) is 6.65. The zero-order valence-corrected chi connectivity index (χ0v) is 10.1. The Bertz CT molecular complexity index is 481. The fraction of sp³-hybridized carbons (Fsp3) is 0.250. The van der Waals surface area contributed by atoms with Gasteiger partial charge in [-0.2, -0.15) is 0 Å². The van der Waals surface area contributed by atoms with Crippen LogP contribution in [0, 0.1) is 12.7 Å². The van der Waals surface area contributed by atoms with Gasteiger partial charge in [-0.1, -0.05) is 12.1 Å². The summed E-state index contributed by atoms with van der Waals surface area (Å²) in [7, 11) is 1.96. The van der Waals surface area contributed by atoms with Gasteiger partial charge in [-0.05, 0) is 24.6 Å². The second-order valence-corrected chi connectivity index (χ2v) is 4.95. The van der Waals surface area contributed by atoms with Gasteiger partial charge in [0.25, 0.3) is 0 Å². The van der Waals surface area contributed by atoms with Crippen molar-refractivity contribution in [1.29, 1.82) is 0 Å². The molecule has 0 radical (unpaired) electrons. The second-order valence-electron chi connectivity index (χ2n) is 3.74. The van der Waals surface area contributed by atoms with Gasteiger partial charge in [0.15, 0.2) is 5.13 Å². The highest BCUT2D eigenvalue weighted by atomic mass is 32.1. The minimum Gasteiger partial charge on any atom is -0.347 e. The van der Waals surface area contributed by atoms with Crippen LogP contribution < -0.4 is 4.90 Å². The fourth-order valence-corrected chi connectivity index (χ4v) is 2.22. The molecule has 0 amide bonds. The Labute approximate surface area is 98.4 Å². The molecule has 1 heterocycles. The molecule has 0 saturated carbocycles. The molecule has 2 rings (SSSR count). The molecule has 0 N–H and O–H groups in total. The third kappa shape index (κ3) is 2.58. The quantitative estimate of drug-likeness (QED) is 0.813. The van der Waals surface area contributed by atoms with Crippen LogP contribution in [-0.2, 0) is 6.54 Å². The number of rotatable bonds is 3. The number of halogens is 1. The smallest absolute Gasteiger partial charge is 0.185 e. The van der Waals surface area contributed by atoms with E-state index in [9.17, 15) is 4.39 Å². The van der Waals surface area contributed by atoms with Gasteiger partial charge >= 0.3 is 0 Å². The molecule has 0 saturated heterocycles. The molecule has 0 bridgehead atoms. The molecule has 0 atom stereocenters. The van der Waals surface area contributed by atoms with Crippen LogP contribution in [-0.4, -0.2) is 12.0 Å². The summed E-state index contributed by atoms with van der Waals surface area (Å²) in [5.41, 5.74) is 0.954. The third-order valence-electron chi connectivity index (χ3n) is 2.24. The van der Waals surface area contributed by atoms with Crippen molar-refractivity contribution < 1.29 is 4.39 Å². The number of anilines is 1. The van der Waals surface area contributed by atoms with Crippen LogP contribution in [0.25, 0.3) is 0 Å². The molecule has 1 aromatic heterocycles. The minimum absolute atomic E-state index is 0.193. The van der Waals surface area contributed by atoms with Crippen LogP contribution in [0.3, 0.4) is 0 Å². The number of benzene rings is 1. The first-order valence-electron chi connectivity index (χ1n) is 5.03. The van der Waals surface area contributed by atoms with E-state index >= 15 is 0 Å². The van der Waals surface area contributed by atoms with Crippen molar-refractivity contribution in [3.05, 3.63) is 46.7 Å². The predicted molar refractivity (Wildman–Crippen MR) is 65.4 cm³/mol. The third-order valence-corrected chi connectivity index (χ3v) is 3.27. The SMILES string of the molecule is Cc1cnc(N(C)Cc2cccc(F)c2)s1. The van der Waals surface area contributed by atoms with Crippen LogP contribution in [0.5, 0.6) is 0 Å². The van der Waals surface area contributed by atoms with Crippen LogP contribution >= 0.6 is 11.3 Å². The van der Waals surface area contributed by atoms with E-state index < -0.39 is 0 Å². The lowest BCUT2D eigenvalue weighted by atomic mass is 10.2. The number of aryl methyl sites for hydroxylation is 1. The Morgan fingerprint density at radius 1 is 1.44 bits per heavy atom. The average Bonchev–Trinajstić information content (AvgIpc) is 2.65. The van der Waals surface area contributed by atoms with E-state index in [1.165, 1.54) is 10.9 Å². The molecule has 16 heavy (non-hydrogen) atoms. The summed E-state index contributed by atoms with van der Waals surface area (Å²) in [4.78, 5) is 7.49. The van der Waals surface area contributed by atoms with Crippen LogP contribution in [0.2, 0.25) is 0 Å². The summed E-state index contributed by atoms with van der Waals surface area (Å²) in [5.74, 6) is -0.193. The van der Waals surface area contributed by atoms with Crippen LogP contribution in [0.15, 0.2) is 30.5 Å². The second kappa shape index (κ2) is 4.61. The van der Waals surface area contributed by atoms with Crippen molar-refractivity contribution in [3.63, 3.8) is 0 Å². The molecule has 0 unspecified atom stereocenters. The molecule has 1 aromatic carbocycles. The molecule has 0 fully saturated rings. The molecule has 0 aliphatic rings. The Balaban J connectivity index is 2.10. The van der Waals surface area contributed by atoms with E-state index in [0.29, 0.717) is 6.54 Å². The highest BCUT2D eigenvalue weighted by molar-refractivity contribution is 7.15. The maximum Gasteiger partial charge on any atom is 0.185 e. The summed E-state index contributed by atoms with van der Waals surface area (Å²) < 4.78 is 13.0. The molecule has 2 aromatic rings. The minimum atomic E-state index is -0.193. The summed E-state index contributed by atoms with van der Waals surface area (Å²) in [6.07, 6.45) is 1.85. The molecule has 2 nitrogen and oxygen atoms in total. The lowest BCUT2D eigenvalue weighted by Gasteiger charge is -2.15. The number of thiazole rings is 1. The van der Waals surface area contributed by atoms with Crippen molar-refractivity contribution in [2.75, 3.05) is 11.9 Å². The average molecular weight is 236 g/mol. The lowest BCUT2D eigenvalue weighted by molar-refractivity contribution is 0.625. The first-order chi connectivity index (χ1) is 7.65. The maximum absolute atomic E-state index is 13.0. The van der Waals surface area contributed by atoms with Crippen molar-refractivity contribution in [2.45, 2.75) is 13.5 Å². The van der Waals surface area contributed by atoms with Crippen molar-refractivity contribution in [2.24, 2.45) is 0 Å². The van der Waals surface area contributed by atoms with Gasteiger partial charge in [0.1, 0.15) is 5.82 Å². The Morgan fingerprint density at radius 3 is 2.88 bits per heavy atom. The summed E-state index contributed by atoms with van der Waals surface area (Å²) >= 11 is 1.64. The van der Waals surface area contributed by atoms with E-state index in [-0.39, 0.29) is 5.82 Å². The monoisotopic (exact) mass is 236 g/mol. The van der Waals surface area contributed by atoms with Crippen molar-refractivity contribution in [3.8, 4) is 0 Å². The van der Waals surface area contributed by atoms with Crippen LogP contribution in [0.1, 0.15) is 10.4 Å². The van der Waals surface area contributed by atoms with Crippen LogP contribution in [0.4, 0.5) is 9.52 Å². The maximum atomic E-state index is 13.0. The number of nitrogens with zero attached hydrogens (tertiary/aromatic N) is 2. The fourth-order valence-electron chi connectivity index (χ4n) is 1.50. The number of aromatic nitrogens is 1. The van der Waals surface area contributed by atoms with E-state index in [1.54, 1.807) is 23.5 Å². The van der Waals surface area contributed by atoms with Gasteiger partial charge in [-0.3, -0.25) is 0 Å². The van der Waals surface area contributed by atoms with E-state index in [0.717, 1.165) is 10.7 Å². The molecule has 4 heteroatoms. The zero-order valence-electron chi connectivity index (χ0n) is 9.27. The Kier molecular flexibility index (Phi) is 3.19. The standard InChI is InChI=1S/C12H13FN2S/c1-9-7-14-12(16-9)15(2)8-10-4-3-5-11(13)6-10/h3-7H,8H2,1-2H3. The summed E-state index contributed by atoms with van der Waals surface area (Å²) in [5, 5.41) is 0.960. The normalized spacial score (nSPS) is 10.4. The first kappa shape index (κ1) is 11.1. The topological polar surface area (TPSA) is 16.1 Å². The highest BCUT2D eigenvalue weighted by Crippen LogP contribution is 2.21. The summed E-state index contributed by atoms with van der Waals surface area (Å²) in [6.45, 7) is 2.70. The molecule has 84 valence electrons. The Hall–Kier alpha value is -1.42. The molecule has 0 spiro atoms. The van der Waals surface area contributed by atoms with Gasteiger partial charge < -0.3 is 4.90 Å². The largest absolute Gasteiger partial charge is 0.347 e. The Morgan fingerprint density at radius 2 is 2.25 bits per heavy atom.